The van der Waals surface area contributed by atoms with Crippen LogP contribution in [0.1, 0.15) is 38.3 Å². The zero-order valence-corrected chi connectivity index (χ0v) is 12.5. The molecular formula is C14H21Cl2NO. The second-order valence-corrected chi connectivity index (χ2v) is 5.13. The van der Waals surface area contributed by atoms with Gasteiger partial charge in [-0.05, 0) is 44.0 Å². The second-order valence-electron chi connectivity index (χ2n) is 4.32. The monoisotopic (exact) mass is 289 g/mol. The molecule has 0 bridgehead atoms. The number of hydrogen-bond acceptors (Lipinski definition) is 2. The molecule has 1 unspecified atom stereocenters. The fourth-order valence-corrected chi connectivity index (χ4v) is 1.95. The standard InChI is InChI=1S/C14H21Cl2NO/c1-3-8-18-9-4-7-17-11(2)12-5-6-13(15)14(16)10-12/h5-6,10-11,17H,3-4,7-9H2,1-2H3. The van der Waals surface area contributed by atoms with Gasteiger partial charge in [0.25, 0.3) is 0 Å². The highest BCUT2D eigenvalue weighted by Crippen LogP contribution is 2.25. The van der Waals surface area contributed by atoms with Crippen LogP contribution < -0.4 is 5.32 Å². The van der Waals surface area contributed by atoms with E-state index in [1.165, 1.54) is 0 Å². The molecule has 4 heteroatoms. The van der Waals surface area contributed by atoms with Crippen LogP contribution in [0.15, 0.2) is 18.2 Å². The van der Waals surface area contributed by atoms with Crippen molar-refractivity contribution in [1.82, 2.24) is 5.32 Å². The van der Waals surface area contributed by atoms with Gasteiger partial charge in [-0.15, -0.1) is 0 Å². The lowest BCUT2D eigenvalue weighted by molar-refractivity contribution is 0.132. The minimum atomic E-state index is 0.269. The third-order valence-corrected chi connectivity index (χ3v) is 3.45. The molecule has 0 amide bonds. The molecule has 0 fully saturated rings. The zero-order chi connectivity index (χ0) is 13.4. The van der Waals surface area contributed by atoms with Gasteiger partial charge in [0.1, 0.15) is 0 Å². The Bertz CT molecular complexity index is 358. The SMILES string of the molecule is CCCOCCCNC(C)c1ccc(Cl)c(Cl)c1. The Labute approximate surface area is 120 Å². The van der Waals surface area contributed by atoms with Gasteiger partial charge >= 0.3 is 0 Å². The molecule has 0 saturated carbocycles. The van der Waals surface area contributed by atoms with E-state index in [4.69, 9.17) is 27.9 Å². The summed E-state index contributed by atoms with van der Waals surface area (Å²) >= 11 is 11.9. The average molecular weight is 290 g/mol. The van der Waals surface area contributed by atoms with Crippen LogP contribution in [0.3, 0.4) is 0 Å². The summed E-state index contributed by atoms with van der Waals surface area (Å²) in [7, 11) is 0. The van der Waals surface area contributed by atoms with E-state index < -0.39 is 0 Å². The lowest BCUT2D eigenvalue weighted by atomic mass is 10.1. The molecule has 0 aliphatic rings. The highest BCUT2D eigenvalue weighted by molar-refractivity contribution is 6.42. The number of benzene rings is 1. The Morgan fingerprint density at radius 1 is 1.22 bits per heavy atom. The molecule has 0 radical (unpaired) electrons. The third-order valence-electron chi connectivity index (χ3n) is 2.71. The maximum Gasteiger partial charge on any atom is 0.0595 e. The van der Waals surface area contributed by atoms with Crippen LogP contribution in [-0.4, -0.2) is 19.8 Å². The highest BCUT2D eigenvalue weighted by Gasteiger charge is 2.06. The fraction of sp³-hybridized carbons (Fsp3) is 0.571. The van der Waals surface area contributed by atoms with Gasteiger partial charge in [0.2, 0.25) is 0 Å². The van der Waals surface area contributed by atoms with Gasteiger partial charge in [-0.2, -0.15) is 0 Å². The van der Waals surface area contributed by atoms with Crippen LogP contribution in [-0.2, 0) is 4.74 Å². The van der Waals surface area contributed by atoms with Gasteiger partial charge in [0, 0.05) is 19.3 Å². The quantitative estimate of drug-likeness (QED) is 0.714. The number of ether oxygens (including phenoxy) is 1. The lowest BCUT2D eigenvalue weighted by Crippen LogP contribution is -2.21. The smallest absolute Gasteiger partial charge is 0.0595 e. The molecule has 1 aromatic rings. The first-order chi connectivity index (χ1) is 8.65. The molecule has 18 heavy (non-hydrogen) atoms. The lowest BCUT2D eigenvalue weighted by Gasteiger charge is -2.15. The van der Waals surface area contributed by atoms with Crippen LogP contribution in [0.5, 0.6) is 0 Å². The number of rotatable bonds is 8. The summed E-state index contributed by atoms with van der Waals surface area (Å²) in [5, 5.41) is 4.64. The van der Waals surface area contributed by atoms with Gasteiger partial charge in [-0.3, -0.25) is 0 Å². The summed E-state index contributed by atoms with van der Waals surface area (Å²) in [5.41, 5.74) is 1.15. The fourth-order valence-electron chi connectivity index (χ4n) is 1.64. The van der Waals surface area contributed by atoms with Crippen molar-refractivity contribution in [1.29, 1.82) is 0 Å². The molecule has 1 rings (SSSR count). The van der Waals surface area contributed by atoms with Gasteiger partial charge in [0.15, 0.2) is 0 Å². The van der Waals surface area contributed by atoms with E-state index in [2.05, 4.69) is 19.2 Å². The first-order valence-corrected chi connectivity index (χ1v) is 7.16. The Kier molecular flexibility index (Phi) is 7.68. The van der Waals surface area contributed by atoms with Crippen LogP contribution >= 0.6 is 23.2 Å². The van der Waals surface area contributed by atoms with Crippen molar-refractivity contribution in [2.24, 2.45) is 0 Å². The minimum Gasteiger partial charge on any atom is -0.381 e. The molecule has 0 aromatic heterocycles. The van der Waals surface area contributed by atoms with E-state index in [1.807, 2.05) is 18.2 Å². The average Bonchev–Trinajstić information content (AvgIpc) is 2.36. The van der Waals surface area contributed by atoms with E-state index in [0.29, 0.717) is 10.0 Å². The van der Waals surface area contributed by atoms with Crippen molar-refractivity contribution in [3.8, 4) is 0 Å². The number of halogens is 2. The van der Waals surface area contributed by atoms with Crippen LogP contribution in [0.2, 0.25) is 10.0 Å². The Hall–Kier alpha value is -0.280. The summed E-state index contributed by atoms with van der Waals surface area (Å²) in [4.78, 5) is 0. The minimum absolute atomic E-state index is 0.269. The van der Waals surface area contributed by atoms with E-state index in [-0.39, 0.29) is 6.04 Å². The molecule has 102 valence electrons. The van der Waals surface area contributed by atoms with Crippen LogP contribution in [0.25, 0.3) is 0 Å². The maximum atomic E-state index is 6.00. The van der Waals surface area contributed by atoms with Crippen molar-refractivity contribution in [3.63, 3.8) is 0 Å². The zero-order valence-electron chi connectivity index (χ0n) is 11.0. The van der Waals surface area contributed by atoms with Crippen LogP contribution in [0.4, 0.5) is 0 Å². The predicted octanol–water partition coefficient (Wildman–Crippen LogP) is 4.46. The summed E-state index contributed by atoms with van der Waals surface area (Å²) < 4.78 is 5.43. The molecule has 1 N–H and O–H groups in total. The maximum absolute atomic E-state index is 6.00. The first kappa shape index (κ1) is 15.8. The Morgan fingerprint density at radius 3 is 2.67 bits per heavy atom. The van der Waals surface area contributed by atoms with E-state index in [9.17, 15) is 0 Å². The van der Waals surface area contributed by atoms with Gasteiger partial charge in [0.05, 0.1) is 10.0 Å². The molecule has 1 atom stereocenters. The molecule has 1 aromatic carbocycles. The van der Waals surface area contributed by atoms with E-state index >= 15 is 0 Å². The van der Waals surface area contributed by atoms with E-state index in [0.717, 1.165) is 38.2 Å². The Balaban J connectivity index is 2.27. The topological polar surface area (TPSA) is 21.3 Å². The van der Waals surface area contributed by atoms with Crippen molar-refractivity contribution in [3.05, 3.63) is 33.8 Å². The predicted molar refractivity (Wildman–Crippen MR) is 78.6 cm³/mol. The summed E-state index contributed by atoms with van der Waals surface area (Å²) in [5.74, 6) is 0. The third kappa shape index (κ3) is 5.57. The second kappa shape index (κ2) is 8.76. The van der Waals surface area contributed by atoms with Crippen molar-refractivity contribution >= 4 is 23.2 Å². The molecule has 0 saturated heterocycles. The Morgan fingerprint density at radius 2 is 2.00 bits per heavy atom. The number of nitrogens with one attached hydrogen (secondary N) is 1. The highest BCUT2D eigenvalue weighted by atomic mass is 35.5. The van der Waals surface area contributed by atoms with Gasteiger partial charge in [-0.25, -0.2) is 0 Å². The van der Waals surface area contributed by atoms with Gasteiger partial charge in [-0.1, -0.05) is 36.2 Å². The van der Waals surface area contributed by atoms with Crippen molar-refractivity contribution in [2.75, 3.05) is 19.8 Å². The summed E-state index contributed by atoms with van der Waals surface area (Å²) in [6.45, 7) is 6.83. The molecule has 2 nitrogen and oxygen atoms in total. The molecule has 0 heterocycles. The van der Waals surface area contributed by atoms with Crippen molar-refractivity contribution in [2.45, 2.75) is 32.7 Å². The molecule has 0 spiro atoms. The molecule has 0 aliphatic heterocycles. The summed E-state index contributed by atoms with van der Waals surface area (Å²) in [6.07, 6.45) is 2.10. The molecular weight excluding hydrogens is 269 g/mol. The summed E-state index contributed by atoms with van der Waals surface area (Å²) in [6, 6.07) is 6.02. The van der Waals surface area contributed by atoms with Crippen molar-refractivity contribution < 1.29 is 4.74 Å². The number of hydrogen-bond donors (Lipinski definition) is 1. The molecule has 0 aliphatic carbocycles. The first-order valence-electron chi connectivity index (χ1n) is 6.41. The normalized spacial score (nSPS) is 12.7. The van der Waals surface area contributed by atoms with E-state index in [1.54, 1.807) is 0 Å². The largest absolute Gasteiger partial charge is 0.381 e. The van der Waals surface area contributed by atoms with Crippen LogP contribution in [0, 0.1) is 0 Å². The van der Waals surface area contributed by atoms with Gasteiger partial charge < -0.3 is 10.1 Å².